The van der Waals surface area contributed by atoms with Gasteiger partial charge < -0.3 is 10.3 Å². The zero-order chi connectivity index (χ0) is 18.1. The molecule has 2 heterocycles. The number of hydrogen-bond acceptors (Lipinski definition) is 5. The summed E-state index contributed by atoms with van der Waals surface area (Å²) in [6.07, 6.45) is 8.99. The number of pyridine rings is 1. The van der Waals surface area contributed by atoms with Crippen molar-refractivity contribution in [2.24, 2.45) is 5.92 Å². The van der Waals surface area contributed by atoms with Crippen LogP contribution >= 0.6 is 0 Å². The Hall–Kier alpha value is -1.64. The summed E-state index contributed by atoms with van der Waals surface area (Å²) < 4.78 is 15.6. The van der Waals surface area contributed by atoms with E-state index in [1.165, 1.54) is 0 Å². The normalized spacial score (nSPS) is 26.9. The van der Waals surface area contributed by atoms with Gasteiger partial charge in [0, 0.05) is 28.9 Å². The van der Waals surface area contributed by atoms with Crippen molar-refractivity contribution >= 4 is 33.4 Å². The van der Waals surface area contributed by atoms with Crippen molar-refractivity contribution in [3.05, 3.63) is 18.5 Å². The number of aromatic nitrogens is 2. The number of H-pyrrole nitrogens is 1. The number of rotatable bonds is 8. The Morgan fingerprint density at radius 1 is 1.38 bits per heavy atom. The van der Waals surface area contributed by atoms with Gasteiger partial charge in [-0.1, -0.05) is 13.3 Å². The molecule has 4 atom stereocenters. The van der Waals surface area contributed by atoms with Crippen molar-refractivity contribution in [2.75, 3.05) is 17.9 Å². The molecule has 7 nitrogen and oxygen atoms in total. The van der Waals surface area contributed by atoms with Crippen LogP contribution < -0.4 is 15.5 Å². The van der Waals surface area contributed by atoms with E-state index in [4.69, 9.17) is 4.84 Å². The van der Waals surface area contributed by atoms with Gasteiger partial charge in [-0.05, 0) is 37.7 Å². The summed E-state index contributed by atoms with van der Waals surface area (Å²) in [6, 6.07) is 2.66. The zero-order valence-corrected chi connectivity index (χ0v) is 16.1. The molecule has 0 aliphatic heterocycles. The summed E-state index contributed by atoms with van der Waals surface area (Å²) in [4.78, 5) is 12.7. The predicted molar refractivity (Wildman–Crippen MR) is 105 cm³/mol. The van der Waals surface area contributed by atoms with Gasteiger partial charge in [0.2, 0.25) is 0 Å². The standard InChI is InChI=1S/C18H27N5O2S/c1-3-11-8-12(23-26(24)13-4-5-13)9-15(11)21-17-14-6-7-19-18(14)20-10-16(17)22-25-2/h6-7,10-13,15,22-23H,3-5,8-9H2,1-2H3,(H2,19,20,21)/t11-,12+,15+,26?/m1/s1. The van der Waals surface area contributed by atoms with Crippen molar-refractivity contribution in [3.8, 4) is 0 Å². The van der Waals surface area contributed by atoms with Crippen LogP contribution in [0.2, 0.25) is 0 Å². The third kappa shape index (κ3) is 3.58. The SMILES string of the molecule is CC[C@@H]1C[C@H](NS(=O)C2CC2)C[C@@H]1Nc1c(NOC)cnc2[nH]ccc12. The van der Waals surface area contributed by atoms with Gasteiger partial charge in [-0.25, -0.2) is 13.9 Å². The van der Waals surface area contributed by atoms with Gasteiger partial charge in [0.15, 0.2) is 0 Å². The highest BCUT2D eigenvalue weighted by Crippen LogP contribution is 2.37. The molecule has 0 radical (unpaired) electrons. The van der Waals surface area contributed by atoms with Crippen LogP contribution in [0.15, 0.2) is 18.5 Å². The maximum atomic E-state index is 12.2. The topological polar surface area (TPSA) is 91.1 Å². The molecule has 2 aliphatic carbocycles. The first-order chi connectivity index (χ1) is 12.7. The highest BCUT2D eigenvalue weighted by Gasteiger charge is 2.37. The van der Waals surface area contributed by atoms with Gasteiger partial charge in [-0.2, -0.15) is 0 Å². The van der Waals surface area contributed by atoms with Crippen molar-refractivity contribution in [1.29, 1.82) is 0 Å². The van der Waals surface area contributed by atoms with Crippen molar-refractivity contribution in [3.63, 3.8) is 0 Å². The Morgan fingerprint density at radius 3 is 2.96 bits per heavy atom. The maximum Gasteiger partial charge on any atom is 0.139 e. The van der Waals surface area contributed by atoms with Gasteiger partial charge in [-0.15, -0.1) is 0 Å². The predicted octanol–water partition coefficient (Wildman–Crippen LogP) is 2.92. The number of nitrogens with one attached hydrogen (secondary N) is 4. The maximum absolute atomic E-state index is 12.2. The minimum Gasteiger partial charge on any atom is -0.380 e. The lowest BCUT2D eigenvalue weighted by Crippen LogP contribution is -2.31. The molecule has 4 rings (SSSR count). The Morgan fingerprint density at radius 2 is 2.23 bits per heavy atom. The van der Waals surface area contributed by atoms with E-state index in [1.807, 2.05) is 12.3 Å². The van der Waals surface area contributed by atoms with Gasteiger partial charge in [0.1, 0.15) is 11.3 Å². The van der Waals surface area contributed by atoms with Crippen LogP contribution in [0.25, 0.3) is 11.0 Å². The number of anilines is 2. The highest BCUT2D eigenvalue weighted by atomic mass is 32.2. The lowest BCUT2D eigenvalue weighted by atomic mass is 10.00. The third-order valence-corrected chi connectivity index (χ3v) is 7.10. The minimum absolute atomic E-state index is 0.307. The first-order valence-electron chi connectivity index (χ1n) is 9.38. The van der Waals surface area contributed by atoms with E-state index in [1.54, 1.807) is 13.3 Å². The Bertz CT molecular complexity index is 791. The molecule has 2 aliphatic rings. The van der Waals surface area contributed by atoms with Gasteiger partial charge in [0.05, 0.1) is 30.0 Å². The number of nitrogens with zero attached hydrogens (tertiary/aromatic N) is 1. The summed E-state index contributed by atoms with van der Waals surface area (Å²) in [6.45, 7) is 2.23. The summed E-state index contributed by atoms with van der Waals surface area (Å²) in [5, 5.41) is 5.15. The van der Waals surface area contributed by atoms with Gasteiger partial charge in [0.25, 0.3) is 0 Å². The van der Waals surface area contributed by atoms with E-state index < -0.39 is 11.0 Å². The lowest BCUT2D eigenvalue weighted by Gasteiger charge is -2.23. The molecule has 26 heavy (non-hydrogen) atoms. The molecule has 0 amide bonds. The van der Waals surface area contributed by atoms with Crippen LogP contribution in [0.3, 0.4) is 0 Å². The van der Waals surface area contributed by atoms with Crippen molar-refractivity contribution in [2.45, 2.75) is 56.4 Å². The zero-order valence-electron chi connectivity index (χ0n) is 15.2. The summed E-state index contributed by atoms with van der Waals surface area (Å²) in [7, 11) is 0.723. The summed E-state index contributed by atoms with van der Waals surface area (Å²) in [5.41, 5.74) is 5.61. The first kappa shape index (κ1) is 17.8. The lowest BCUT2D eigenvalue weighted by molar-refractivity contribution is 0.271. The largest absolute Gasteiger partial charge is 0.380 e. The molecule has 2 aromatic rings. The number of aromatic amines is 1. The van der Waals surface area contributed by atoms with Crippen LogP contribution in [-0.4, -0.2) is 38.6 Å². The Kier molecular flexibility index (Phi) is 5.15. The molecule has 2 saturated carbocycles. The molecule has 0 aromatic carbocycles. The van der Waals surface area contributed by atoms with Crippen molar-refractivity contribution < 1.29 is 9.05 Å². The van der Waals surface area contributed by atoms with Crippen LogP contribution in [0.5, 0.6) is 0 Å². The molecule has 4 N–H and O–H groups in total. The molecule has 2 fully saturated rings. The average molecular weight is 378 g/mol. The van der Waals surface area contributed by atoms with E-state index in [-0.39, 0.29) is 0 Å². The van der Waals surface area contributed by atoms with Gasteiger partial charge in [-0.3, -0.25) is 10.3 Å². The minimum atomic E-state index is -0.877. The molecule has 142 valence electrons. The van der Waals surface area contributed by atoms with E-state index in [2.05, 4.69) is 32.4 Å². The molecule has 0 saturated heterocycles. The Labute approximate surface area is 156 Å². The fourth-order valence-corrected chi connectivity index (χ4v) is 5.21. The van der Waals surface area contributed by atoms with E-state index in [9.17, 15) is 4.21 Å². The quantitative estimate of drug-likeness (QED) is 0.531. The molecule has 1 unspecified atom stereocenters. The highest BCUT2D eigenvalue weighted by molar-refractivity contribution is 7.84. The third-order valence-electron chi connectivity index (χ3n) is 5.46. The fraction of sp³-hybridized carbons (Fsp3) is 0.611. The molecule has 0 spiro atoms. The summed E-state index contributed by atoms with van der Waals surface area (Å²) >= 11 is 0. The van der Waals surface area contributed by atoms with Gasteiger partial charge >= 0.3 is 0 Å². The smallest absolute Gasteiger partial charge is 0.139 e. The molecule has 2 aromatic heterocycles. The second-order valence-electron chi connectivity index (χ2n) is 7.30. The second-order valence-corrected chi connectivity index (χ2v) is 8.79. The monoisotopic (exact) mass is 377 g/mol. The average Bonchev–Trinajstić information content (AvgIpc) is 3.26. The summed E-state index contributed by atoms with van der Waals surface area (Å²) in [5.74, 6) is 0.543. The van der Waals surface area contributed by atoms with Crippen LogP contribution in [0, 0.1) is 5.92 Å². The van der Waals surface area contributed by atoms with Crippen LogP contribution in [0.1, 0.15) is 39.0 Å². The second kappa shape index (κ2) is 7.54. The molecule has 0 bridgehead atoms. The van der Waals surface area contributed by atoms with Crippen LogP contribution in [-0.2, 0) is 15.8 Å². The number of fused-ring (bicyclic) bond motifs is 1. The van der Waals surface area contributed by atoms with E-state index in [0.717, 1.165) is 54.5 Å². The number of hydrogen-bond donors (Lipinski definition) is 4. The molecular formula is C18H27N5O2S. The fourth-order valence-electron chi connectivity index (χ4n) is 3.93. The van der Waals surface area contributed by atoms with Crippen LogP contribution in [0.4, 0.5) is 11.4 Å². The first-order valence-corrected chi connectivity index (χ1v) is 10.6. The Balaban J connectivity index is 1.53. The van der Waals surface area contributed by atoms with E-state index >= 15 is 0 Å². The van der Waals surface area contributed by atoms with E-state index in [0.29, 0.717) is 23.3 Å². The van der Waals surface area contributed by atoms with Crippen molar-refractivity contribution in [1.82, 2.24) is 14.7 Å². The molecular weight excluding hydrogens is 350 g/mol. The molecule has 8 heteroatoms.